The highest BCUT2D eigenvalue weighted by atomic mass is 16.5. The lowest BCUT2D eigenvalue weighted by Gasteiger charge is -2.35. The maximum atomic E-state index is 14.0. The Morgan fingerprint density at radius 1 is 1.18 bits per heavy atom. The Labute approximate surface area is 204 Å². The third kappa shape index (κ3) is 5.67. The van der Waals surface area contributed by atoms with E-state index in [1.165, 1.54) is 6.42 Å². The number of aliphatic hydroxyl groups is 1. The van der Waals surface area contributed by atoms with Crippen LogP contribution in [0.1, 0.15) is 79.1 Å². The van der Waals surface area contributed by atoms with E-state index in [2.05, 4.69) is 12.2 Å². The standard InChI is InChI=1S/C27H44N2O5/c1-5-10-18-13-14-21-23(22(18)27(33)34-6-2)26(32)29(20(16-30)15-17(3)4)24(21)25(31)28-19-11-8-7-9-12-19/h13-14,17-24,30H,5-12,15-16H2,1-4H3,(H,28,31)/t18-,20-,21+,22-,23-,24+/m1/s1. The second kappa shape index (κ2) is 12.2. The minimum atomic E-state index is -0.717. The first-order valence-electron chi connectivity index (χ1n) is 13.4. The molecule has 2 fully saturated rings. The molecule has 0 aromatic rings. The predicted molar refractivity (Wildman–Crippen MR) is 131 cm³/mol. The normalized spacial score (nSPS) is 30.4. The summed E-state index contributed by atoms with van der Waals surface area (Å²) < 4.78 is 5.42. The number of hydrogen-bond donors (Lipinski definition) is 2. The lowest BCUT2D eigenvalue weighted by molar-refractivity contribution is -0.156. The molecule has 0 spiro atoms. The molecule has 1 saturated heterocycles. The summed E-state index contributed by atoms with van der Waals surface area (Å²) in [6.45, 7) is 7.98. The maximum absolute atomic E-state index is 14.0. The summed E-state index contributed by atoms with van der Waals surface area (Å²) in [6.07, 6.45) is 11.6. The van der Waals surface area contributed by atoms with Gasteiger partial charge in [-0.1, -0.05) is 58.6 Å². The number of amides is 2. The number of fused-ring (bicyclic) bond motifs is 1. The van der Waals surface area contributed by atoms with Gasteiger partial charge >= 0.3 is 5.97 Å². The Bertz CT molecular complexity index is 745. The maximum Gasteiger partial charge on any atom is 0.310 e. The van der Waals surface area contributed by atoms with Gasteiger partial charge in [-0.25, -0.2) is 0 Å². The van der Waals surface area contributed by atoms with Crippen LogP contribution in [0.4, 0.5) is 0 Å². The summed E-state index contributed by atoms with van der Waals surface area (Å²) in [4.78, 5) is 42.4. The molecule has 1 aliphatic heterocycles. The molecule has 2 N–H and O–H groups in total. The Morgan fingerprint density at radius 3 is 2.47 bits per heavy atom. The third-order valence-corrected chi connectivity index (χ3v) is 7.80. The second-order valence-electron chi connectivity index (χ2n) is 10.7. The minimum Gasteiger partial charge on any atom is -0.466 e. The van der Waals surface area contributed by atoms with Gasteiger partial charge < -0.3 is 20.1 Å². The van der Waals surface area contributed by atoms with Crippen molar-refractivity contribution in [2.45, 2.75) is 97.2 Å². The van der Waals surface area contributed by atoms with Crippen LogP contribution < -0.4 is 5.32 Å². The lowest BCUT2D eigenvalue weighted by Crippen LogP contribution is -2.54. The molecular formula is C27H44N2O5. The van der Waals surface area contributed by atoms with Crippen LogP contribution in [0.25, 0.3) is 0 Å². The average molecular weight is 477 g/mol. The summed E-state index contributed by atoms with van der Waals surface area (Å²) >= 11 is 0. The molecule has 0 aromatic carbocycles. The van der Waals surface area contributed by atoms with E-state index in [0.717, 1.165) is 38.5 Å². The number of allylic oxidation sites excluding steroid dienone is 1. The van der Waals surface area contributed by atoms with E-state index in [1.807, 2.05) is 26.0 Å². The largest absolute Gasteiger partial charge is 0.466 e. The van der Waals surface area contributed by atoms with Crippen LogP contribution in [0, 0.1) is 29.6 Å². The van der Waals surface area contributed by atoms with Gasteiger partial charge in [0.1, 0.15) is 6.04 Å². The van der Waals surface area contributed by atoms with Gasteiger partial charge in [-0.15, -0.1) is 0 Å². The van der Waals surface area contributed by atoms with Gasteiger partial charge in [0.2, 0.25) is 11.8 Å². The number of ether oxygens (including phenoxy) is 1. The van der Waals surface area contributed by atoms with Gasteiger partial charge in [0.15, 0.2) is 0 Å². The number of hydrogen-bond acceptors (Lipinski definition) is 5. The van der Waals surface area contributed by atoms with Crippen molar-refractivity contribution in [3.8, 4) is 0 Å². The smallest absolute Gasteiger partial charge is 0.310 e. The van der Waals surface area contributed by atoms with Crippen molar-refractivity contribution < 1.29 is 24.2 Å². The van der Waals surface area contributed by atoms with E-state index in [-0.39, 0.29) is 48.9 Å². The molecule has 6 atom stereocenters. The molecule has 2 aliphatic carbocycles. The third-order valence-electron chi connectivity index (χ3n) is 7.80. The molecule has 1 saturated carbocycles. The Morgan fingerprint density at radius 2 is 1.88 bits per heavy atom. The molecule has 192 valence electrons. The van der Waals surface area contributed by atoms with Crippen LogP contribution in [0.15, 0.2) is 12.2 Å². The van der Waals surface area contributed by atoms with Crippen molar-refractivity contribution in [1.29, 1.82) is 0 Å². The Hall–Kier alpha value is -1.89. The average Bonchev–Trinajstić information content (AvgIpc) is 3.10. The molecule has 0 unspecified atom stereocenters. The van der Waals surface area contributed by atoms with Gasteiger partial charge in [-0.2, -0.15) is 0 Å². The van der Waals surface area contributed by atoms with Crippen LogP contribution in [-0.2, 0) is 19.1 Å². The SMILES string of the molecule is CCC[C@@H]1C=C[C@H]2[C@@H](C(=O)N([C@@H](CO)CC(C)C)[C@@H]2C(=O)NC2CCCCC2)[C@@H]1C(=O)OCC. The molecule has 2 amide bonds. The van der Waals surface area contributed by atoms with Gasteiger partial charge in [-0.3, -0.25) is 14.4 Å². The second-order valence-corrected chi connectivity index (χ2v) is 10.7. The lowest BCUT2D eigenvalue weighted by atomic mass is 9.68. The quantitative estimate of drug-likeness (QED) is 0.372. The van der Waals surface area contributed by atoms with E-state index in [9.17, 15) is 19.5 Å². The van der Waals surface area contributed by atoms with Crippen LogP contribution >= 0.6 is 0 Å². The van der Waals surface area contributed by atoms with Crippen LogP contribution in [0.3, 0.4) is 0 Å². The highest BCUT2D eigenvalue weighted by Gasteiger charge is 2.59. The number of nitrogens with one attached hydrogen (secondary N) is 1. The minimum absolute atomic E-state index is 0.0890. The molecule has 34 heavy (non-hydrogen) atoms. The molecule has 3 rings (SSSR count). The predicted octanol–water partition coefficient (Wildman–Crippen LogP) is 3.45. The summed E-state index contributed by atoms with van der Waals surface area (Å²) in [5.74, 6) is -2.19. The van der Waals surface area contributed by atoms with Crippen LogP contribution in [0.5, 0.6) is 0 Å². The van der Waals surface area contributed by atoms with Gasteiger partial charge in [0.25, 0.3) is 0 Å². The first-order valence-corrected chi connectivity index (χ1v) is 13.4. The van der Waals surface area contributed by atoms with Gasteiger partial charge in [0, 0.05) is 12.0 Å². The number of likely N-dealkylation sites (tertiary alicyclic amines) is 1. The monoisotopic (exact) mass is 476 g/mol. The summed E-state index contributed by atoms with van der Waals surface area (Å²) in [7, 11) is 0. The molecule has 0 radical (unpaired) electrons. The van der Waals surface area contributed by atoms with Crippen LogP contribution in [0.2, 0.25) is 0 Å². The number of esters is 1. The number of carbonyl (C=O) groups is 3. The molecule has 0 aromatic heterocycles. The van der Waals surface area contributed by atoms with E-state index in [0.29, 0.717) is 6.42 Å². The van der Waals surface area contributed by atoms with Crippen molar-refractivity contribution in [2.75, 3.05) is 13.2 Å². The fourth-order valence-electron chi connectivity index (χ4n) is 6.36. The Kier molecular flexibility index (Phi) is 9.57. The van der Waals surface area contributed by atoms with Gasteiger partial charge in [-0.05, 0) is 44.4 Å². The zero-order chi connectivity index (χ0) is 24.8. The fourth-order valence-corrected chi connectivity index (χ4v) is 6.36. The Balaban J connectivity index is 1.99. The molecule has 7 nitrogen and oxygen atoms in total. The van der Waals surface area contributed by atoms with Crippen molar-refractivity contribution in [1.82, 2.24) is 10.2 Å². The molecule has 1 heterocycles. The number of carbonyl (C=O) groups excluding carboxylic acids is 3. The van der Waals surface area contributed by atoms with Crippen molar-refractivity contribution >= 4 is 17.8 Å². The van der Waals surface area contributed by atoms with Crippen molar-refractivity contribution in [2.24, 2.45) is 29.6 Å². The number of nitrogens with zero attached hydrogens (tertiary/aromatic N) is 1. The van der Waals surface area contributed by atoms with Crippen LogP contribution in [-0.4, -0.2) is 59.1 Å². The zero-order valence-electron chi connectivity index (χ0n) is 21.4. The van der Waals surface area contributed by atoms with E-state index < -0.39 is 29.8 Å². The summed E-state index contributed by atoms with van der Waals surface area (Å²) in [5, 5.41) is 13.5. The van der Waals surface area contributed by atoms with E-state index in [1.54, 1.807) is 11.8 Å². The van der Waals surface area contributed by atoms with Gasteiger partial charge in [0.05, 0.1) is 31.1 Å². The first kappa shape index (κ1) is 26.7. The number of rotatable bonds is 10. The van der Waals surface area contributed by atoms with E-state index in [4.69, 9.17) is 4.74 Å². The summed E-state index contributed by atoms with van der Waals surface area (Å²) in [5.41, 5.74) is 0. The summed E-state index contributed by atoms with van der Waals surface area (Å²) in [6, 6.07) is -1.05. The highest BCUT2D eigenvalue weighted by Crippen LogP contribution is 2.46. The zero-order valence-corrected chi connectivity index (χ0v) is 21.4. The topological polar surface area (TPSA) is 95.9 Å². The molecular weight excluding hydrogens is 432 g/mol. The highest BCUT2D eigenvalue weighted by molar-refractivity contribution is 5.96. The number of aliphatic hydroxyl groups excluding tert-OH is 1. The molecule has 3 aliphatic rings. The molecule has 7 heteroatoms. The first-order chi connectivity index (χ1) is 16.3. The fraction of sp³-hybridized carbons (Fsp3) is 0.815. The molecule has 0 bridgehead atoms. The van der Waals surface area contributed by atoms with E-state index >= 15 is 0 Å². The van der Waals surface area contributed by atoms with Crippen molar-refractivity contribution in [3.63, 3.8) is 0 Å². The van der Waals surface area contributed by atoms with Crippen molar-refractivity contribution in [3.05, 3.63) is 12.2 Å².